The molecule has 1 aromatic carbocycles. The van der Waals surface area contributed by atoms with Crippen LogP contribution in [-0.2, 0) is 0 Å². The van der Waals surface area contributed by atoms with Gasteiger partial charge in [0.2, 0.25) is 0 Å². The highest BCUT2D eigenvalue weighted by atomic mass is 32.1. The van der Waals surface area contributed by atoms with Crippen molar-refractivity contribution >= 4 is 23.1 Å². The van der Waals surface area contributed by atoms with Gasteiger partial charge in [0.15, 0.2) is 11.5 Å². The predicted octanol–water partition coefficient (Wildman–Crippen LogP) is 1.64. The van der Waals surface area contributed by atoms with E-state index in [1.165, 1.54) is 0 Å². The van der Waals surface area contributed by atoms with Gasteiger partial charge in [-0.05, 0) is 37.5 Å². The Hall–Kier alpha value is -1.82. The lowest BCUT2D eigenvalue weighted by Gasteiger charge is -2.18. The number of unbranched alkanes of at least 4 members (excludes halogenated alkanes) is 1. The molecule has 0 saturated heterocycles. The Morgan fingerprint density at radius 1 is 1.25 bits per heavy atom. The summed E-state index contributed by atoms with van der Waals surface area (Å²) in [6.07, 6.45) is 2.46. The number of hydrogen-bond acceptors (Lipinski definition) is 4. The van der Waals surface area contributed by atoms with Gasteiger partial charge in [-0.3, -0.25) is 4.79 Å². The summed E-state index contributed by atoms with van der Waals surface area (Å²) in [5.41, 5.74) is 5.98. The van der Waals surface area contributed by atoms with E-state index < -0.39 is 0 Å². The molecule has 0 radical (unpaired) electrons. The summed E-state index contributed by atoms with van der Waals surface area (Å²) in [5.74, 6) is 1.19. The summed E-state index contributed by atoms with van der Waals surface area (Å²) >= 11 is 4.79. The van der Waals surface area contributed by atoms with E-state index in [-0.39, 0.29) is 5.91 Å². The van der Waals surface area contributed by atoms with Crippen molar-refractivity contribution in [1.82, 2.24) is 5.32 Å². The van der Waals surface area contributed by atoms with Crippen molar-refractivity contribution in [1.29, 1.82) is 0 Å². The van der Waals surface area contributed by atoms with E-state index in [1.54, 1.807) is 18.2 Å². The SMILES string of the molecule is NC(=S)CCCCNC(=O)c1ccc2c(c1)OCCO2. The summed E-state index contributed by atoms with van der Waals surface area (Å²) in [6.45, 7) is 1.66. The Labute approximate surface area is 123 Å². The van der Waals surface area contributed by atoms with Crippen molar-refractivity contribution in [3.8, 4) is 11.5 Å². The van der Waals surface area contributed by atoms with Gasteiger partial charge in [-0.2, -0.15) is 0 Å². The third kappa shape index (κ3) is 4.09. The minimum atomic E-state index is -0.114. The van der Waals surface area contributed by atoms with E-state index in [0.29, 0.717) is 41.8 Å². The molecule has 1 amide bonds. The Balaban J connectivity index is 1.82. The van der Waals surface area contributed by atoms with E-state index in [4.69, 9.17) is 27.4 Å². The van der Waals surface area contributed by atoms with E-state index in [1.807, 2.05) is 0 Å². The average molecular weight is 294 g/mol. The third-order valence-corrected chi connectivity index (χ3v) is 3.14. The van der Waals surface area contributed by atoms with Crippen molar-refractivity contribution < 1.29 is 14.3 Å². The van der Waals surface area contributed by atoms with E-state index in [9.17, 15) is 4.79 Å². The van der Waals surface area contributed by atoms with Gasteiger partial charge >= 0.3 is 0 Å². The van der Waals surface area contributed by atoms with Crippen molar-refractivity contribution in [2.75, 3.05) is 19.8 Å². The van der Waals surface area contributed by atoms with E-state index in [2.05, 4.69) is 5.32 Å². The monoisotopic (exact) mass is 294 g/mol. The number of ether oxygens (including phenoxy) is 2. The lowest BCUT2D eigenvalue weighted by atomic mass is 10.1. The van der Waals surface area contributed by atoms with Crippen LogP contribution in [0.25, 0.3) is 0 Å². The molecule has 0 aromatic heterocycles. The van der Waals surface area contributed by atoms with Gasteiger partial charge in [0, 0.05) is 12.1 Å². The molecule has 1 aliphatic heterocycles. The van der Waals surface area contributed by atoms with E-state index >= 15 is 0 Å². The van der Waals surface area contributed by atoms with Gasteiger partial charge < -0.3 is 20.5 Å². The molecule has 1 heterocycles. The fraction of sp³-hybridized carbons (Fsp3) is 0.429. The number of nitrogens with one attached hydrogen (secondary N) is 1. The molecular weight excluding hydrogens is 276 g/mol. The maximum atomic E-state index is 12.0. The first kappa shape index (κ1) is 14.6. The van der Waals surface area contributed by atoms with Crippen LogP contribution >= 0.6 is 12.2 Å². The Bertz CT molecular complexity index is 505. The number of nitrogens with two attached hydrogens (primary N) is 1. The average Bonchev–Trinajstić information content (AvgIpc) is 2.46. The van der Waals surface area contributed by atoms with Crippen LogP contribution in [0.2, 0.25) is 0 Å². The standard InChI is InChI=1S/C14H18N2O3S/c15-13(20)3-1-2-6-16-14(17)10-4-5-11-12(9-10)19-8-7-18-11/h4-5,9H,1-3,6-8H2,(H2,15,20)(H,16,17). The number of rotatable bonds is 6. The van der Waals surface area contributed by atoms with Gasteiger partial charge in [-0.25, -0.2) is 0 Å². The Kier molecular flexibility index (Phi) is 5.17. The molecule has 0 atom stereocenters. The lowest BCUT2D eigenvalue weighted by Crippen LogP contribution is -2.25. The fourth-order valence-electron chi connectivity index (χ4n) is 1.91. The minimum Gasteiger partial charge on any atom is -0.486 e. The molecule has 20 heavy (non-hydrogen) atoms. The van der Waals surface area contributed by atoms with Crippen LogP contribution < -0.4 is 20.5 Å². The van der Waals surface area contributed by atoms with Crippen LogP contribution in [-0.4, -0.2) is 30.7 Å². The first-order chi connectivity index (χ1) is 9.66. The molecule has 0 aliphatic carbocycles. The second-order valence-electron chi connectivity index (χ2n) is 4.54. The number of amides is 1. The molecular formula is C14H18N2O3S. The quantitative estimate of drug-likeness (QED) is 0.616. The molecule has 1 aliphatic rings. The summed E-state index contributed by atoms with van der Waals surface area (Å²) < 4.78 is 10.9. The molecule has 6 heteroatoms. The van der Waals surface area contributed by atoms with E-state index in [0.717, 1.165) is 19.3 Å². The molecule has 108 valence electrons. The van der Waals surface area contributed by atoms with Crippen LogP contribution in [0.3, 0.4) is 0 Å². The zero-order chi connectivity index (χ0) is 14.4. The van der Waals surface area contributed by atoms with Crippen LogP contribution in [0.1, 0.15) is 29.6 Å². The first-order valence-corrected chi connectivity index (χ1v) is 7.04. The zero-order valence-corrected chi connectivity index (χ0v) is 12.0. The van der Waals surface area contributed by atoms with Crippen LogP contribution in [0.4, 0.5) is 0 Å². The maximum Gasteiger partial charge on any atom is 0.251 e. The fourth-order valence-corrected chi connectivity index (χ4v) is 2.06. The molecule has 5 nitrogen and oxygen atoms in total. The summed E-state index contributed by atoms with van der Waals surface area (Å²) in [7, 11) is 0. The molecule has 0 fully saturated rings. The number of hydrogen-bond donors (Lipinski definition) is 2. The van der Waals surface area contributed by atoms with Crippen molar-refractivity contribution in [2.45, 2.75) is 19.3 Å². The number of carbonyl (C=O) groups is 1. The number of carbonyl (C=O) groups excluding carboxylic acids is 1. The summed E-state index contributed by atoms with van der Waals surface area (Å²) in [6, 6.07) is 5.20. The predicted molar refractivity (Wildman–Crippen MR) is 80.4 cm³/mol. The Morgan fingerprint density at radius 3 is 2.75 bits per heavy atom. The van der Waals surface area contributed by atoms with Crippen molar-refractivity contribution in [2.24, 2.45) is 5.73 Å². The molecule has 0 spiro atoms. The molecule has 3 N–H and O–H groups in total. The molecule has 2 rings (SSSR count). The second kappa shape index (κ2) is 7.09. The highest BCUT2D eigenvalue weighted by Crippen LogP contribution is 2.30. The number of thiocarbonyl (C=S) groups is 1. The zero-order valence-electron chi connectivity index (χ0n) is 11.2. The van der Waals surface area contributed by atoms with Gasteiger partial charge in [0.05, 0.1) is 4.99 Å². The van der Waals surface area contributed by atoms with Crippen LogP contribution in [0.15, 0.2) is 18.2 Å². The lowest BCUT2D eigenvalue weighted by molar-refractivity contribution is 0.0952. The highest BCUT2D eigenvalue weighted by Gasteiger charge is 2.14. The molecule has 1 aromatic rings. The largest absolute Gasteiger partial charge is 0.486 e. The van der Waals surface area contributed by atoms with Crippen LogP contribution in [0.5, 0.6) is 11.5 Å². The molecule has 0 saturated carbocycles. The van der Waals surface area contributed by atoms with Gasteiger partial charge in [-0.1, -0.05) is 12.2 Å². The normalized spacial score (nSPS) is 12.8. The summed E-state index contributed by atoms with van der Waals surface area (Å²) in [4.78, 5) is 12.5. The van der Waals surface area contributed by atoms with Crippen LogP contribution in [0, 0.1) is 0 Å². The maximum absolute atomic E-state index is 12.0. The summed E-state index contributed by atoms with van der Waals surface area (Å²) in [5, 5.41) is 2.86. The van der Waals surface area contributed by atoms with Crippen molar-refractivity contribution in [3.63, 3.8) is 0 Å². The molecule has 0 unspecified atom stereocenters. The highest BCUT2D eigenvalue weighted by molar-refractivity contribution is 7.80. The van der Waals surface area contributed by atoms with Gasteiger partial charge in [-0.15, -0.1) is 0 Å². The number of fused-ring (bicyclic) bond motifs is 1. The first-order valence-electron chi connectivity index (χ1n) is 6.63. The second-order valence-corrected chi connectivity index (χ2v) is 5.06. The van der Waals surface area contributed by atoms with Gasteiger partial charge in [0.1, 0.15) is 13.2 Å². The van der Waals surface area contributed by atoms with Gasteiger partial charge in [0.25, 0.3) is 5.91 Å². The molecule has 0 bridgehead atoms. The minimum absolute atomic E-state index is 0.114. The Morgan fingerprint density at radius 2 is 2.00 bits per heavy atom. The smallest absolute Gasteiger partial charge is 0.251 e. The van der Waals surface area contributed by atoms with Crippen molar-refractivity contribution in [3.05, 3.63) is 23.8 Å². The third-order valence-electron chi connectivity index (χ3n) is 2.94. The number of benzene rings is 1. The topological polar surface area (TPSA) is 73.6 Å².